The summed E-state index contributed by atoms with van der Waals surface area (Å²) >= 11 is 0. The lowest BCUT2D eigenvalue weighted by Gasteiger charge is -2.15. The van der Waals surface area contributed by atoms with Crippen molar-refractivity contribution in [2.24, 2.45) is 5.73 Å². The van der Waals surface area contributed by atoms with Crippen molar-refractivity contribution < 1.29 is 22.3 Å². The van der Waals surface area contributed by atoms with Gasteiger partial charge in [0.15, 0.2) is 0 Å². The fourth-order valence-corrected chi connectivity index (χ4v) is 1.91. The van der Waals surface area contributed by atoms with Crippen molar-refractivity contribution in [2.75, 3.05) is 0 Å². The third-order valence-electron chi connectivity index (χ3n) is 2.96. The van der Waals surface area contributed by atoms with E-state index in [1.54, 1.807) is 0 Å². The highest BCUT2D eigenvalue weighted by Crippen LogP contribution is 2.36. The minimum atomic E-state index is -4.50. The van der Waals surface area contributed by atoms with Gasteiger partial charge in [0.25, 0.3) is 0 Å². The van der Waals surface area contributed by atoms with Gasteiger partial charge in [-0.3, -0.25) is 0 Å². The van der Waals surface area contributed by atoms with Gasteiger partial charge in [0.05, 0.1) is 5.56 Å². The zero-order chi connectivity index (χ0) is 15.5. The fraction of sp³-hybridized carbons (Fsp3) is 0.200. The Morgan fingerprint density at radius 1 is 1.00 bits per heavy atom. The Bertz CT molecular complexity index is 625. The maximum Gasteiger partial charge on any atom is 0.419 e. The second-order valence-electron chi connectivity index (χ2n) is 4.40. The average Bonchev–Trinajstić information content (AvgIpc) is 2.44. The van der Waals surface area contributed by atoms with Crippen LogP contribution in [-0.2, 0) is 19.3 Å². The van der Waals surface area contributed by atoms with E-state index in [-0.39, 0.29) is 18.9 Å². The van der Waals surface area contributed by atoms with Gasteiger partial charge in [-0.2, -0.15) is 13.2 Å². The quantitative estimate of drug-likeness (QED) is 0.870. The molecule has 0 spiro atoms. The number of hydrogen-bond donors (Lipinski definition) is 1. The molecule has 2 N–H and O–H groups in total. The summed E-state index contributed by atoms with van der Waals surface area (Å²) in [5, 5.41) is 0. The molecular weight excluding hydrogens is 286 g/mol. The monoisotopic (exact) mass is 299 g/mol. The molecule has 0 unspecified atom stereocenters. The number of alkyl halides is 3. The maximum atomic E-state index is 13.2. The minimum Gasteiger partial charge on any atom is -0.488 e. The summed E-state index contributed by atoms with van der Waals surface area (Å²) in [6.45, 7) is -0.0305. The first-order valence-electron chi connectivity index (χ1n) is 6.18. The molecular formula is C15H13F4NO. The van der Waals surface area contributed by atoms with Gasteiger partial charge in [0.1, 0.15) is 18.2 Å². The number of rotatable bonds is 4. The second-order valence-corrected chi connectivity index (χ2v) is 4.40. The van der Waals surface area contributed by atoms with Gasteiger partial charge in [-0.15, -0.1) is 0 Å². The molecule has 112 valence electrons. The van der Waals surface area contributed by atoms with Crippen LogP contribution < -0.4 is 10.5 Å². The third kappa shape index (κ3) is 3.72. The lowest BCUT2D eigenvalue weighted by Crippen LogP contribution is -2.10. The maximum absolute atomic E-state index is 13.2. The Morgan fingerprint density at radius 2 is 1.71 bits per heavy atom. The third-order valence-corrected chi connectivity index (χ3v) is 2.96. The van der Waals surface area contributed by atoms with Crippen LogP contribution in [0.15, 0.2) is 42.5 Å². The second kappa shape index (κ2) is 6.13. The van der Waals surface area contributed by atoms with Gasteiger partial charge >= 0.3 is 6.18 Å². The molecule has 6 heteroatoms. The van der Waals surface area contributed by atoms with E-state index in [0.717, 1.165) is 6.07 Å². The number of halogens is 4. The molecule has 0 saturated heterocycles. The lowest BCUT2D eigenvalue weighted by molar-refractivity contribution is -0.139. The highest BCUT2D eigenvalue weighted by molar-refractivity contribution is 5.36. The van der Waals surface area contributed by atoms with Gasteiger partial charge in [-0.05, 0) is 35.4 Å². The van der Waals surface area contributed by atoms with Crippen LogP contribution in [0, 0.1) is 5.82 Å². The Kier molecular flexibility index (Phi) is 4.47. The van der Waals surface area contributed by atoms with Crippen LogP contribution in [-0.4, -0.2) is 0 Å². The zero-order valence-corrected chi connectivity index (χ0v) is 11.0. The van der Waals surface area contributed by atoms with Crippen molar-refractivity contribution in [1.82, 2.24) is 0 Å². The Balaban J connectivity index is 2.23. The molecule has 0 atom stereocenters. The van der Waals surface area contributed by atoms with E-state index in [1.165, 1.54) is 36.4 Å². The molecule has 2 aromatic carbocycles. The number of hydrogen-bond acceptors (Lipinski definition) is 2. The summed E-state index contributed by atoms with van der Waals surface area (Å²) in [5.74, 6) is -0.785. The van der Waals surface area contributed by atoms with Gasteiger partial charge in [0, 0.05) is 6.54 Å². The molecule has 2 nitrogen and oxygen atoms in total. The Morgan fingerprint density at radius 3 is 2.38 bits per heavy atom. The largest absolute Gasteiger partial charge is 0.488 e. The molecule has 21 heavy (non-hydrogen) atoms. The molecule has 2 aromatic rings. The van der Waals surface area contributed by atoms with E-state index >= 15 is 0 Å². The molecule has 0 radical (unpaired) electrons. The van der Waals surface area contributed by atoms with Crippen molar-refractivity contribution >= 4 is 0 Å². The van der Waals surface area contributed by atoms with Gasteiger partial charge < -0.3 is 10.5 Å². The molecule has 0 fully saturated rings. The molecule has 0 amide bonds. The molecule has 0 aromatic heterocycles. The van der Waals surface area contributed by atoms with E-state index in [4.69, 9.17) is 10.5 Å². The van der Waals surface area contributed by atoms with Crippen molar-refractivity contribution in [2.45, 2.75) is 19.3 Å². The standard InChI is InChI=1S/C15H13F4NO/c16-12-6-5-10(8-20)11(7-12)9-21-14-4-2-1-3-13(14)15(17,18)19/h1-7H,8-9,20H2. The summed E-state index contributed by atoms with van der Waals surface area (Å²) in [6.07, 6.45) is -4.50. The summed E-state index contributed by atoms with van der Waals surface area (Å²) in [6, 6.07) is 8.83. The predicted molar refractivity (Wildman–Crippen MR) is 70.1 cm³/mol. The van der Waals surface area contributed by atoms with Crippen LogP contribution >= 0.6 is 0 Å². The van der Waals surface area contributed by atoms with Crippen molar-refractivity contribution in [3.05, 3.63) is 65.0 Å². The number of ether oxygens (including phenoxy) is 1. The molecule has 2 rings (SSSR count). The van der Waals surface area contributed by atoms with Crippen LogP contribution in [0.25, 0.3) is 0 Å². The average molecular weight is 299 g/mol. The van der Waals surface area contributed by atoms with Crippen molar-refractivity contribution in [3.63, 3.8) is 0 Å². The van der Waals surface area contributed by atoms with Crippen LogP contribution in [0.2, 0.25) is 0 Å². The van der Waals surface area contributed by atoms with Crippen molar-refractivity contribution in [1.29, 1.82) is 0 Å². The van der Waals surface area contributed by atoms with Crippen LogP contribution in [0.4, 0.5) is 17.6 Å². The fourth-order valence-electron chi connectivity index (χ4n) is 1.91. The topological polar surface area (TPSA) is 35.2 Å². The summed E-state index contributed by atoms with van der Waals surface area (Å²) < 4.78 is 56.9. The van der Waals surface area contributed by atoms with Crippen LogP contribution in [0.3, 0.4) is 0 Å². The number of nitrogens with two attached hydrogens (primary N) is 1. The molecule has 0 aliphatic heterocycles. The summed E-state index contributed by atoms with van der Waals surface area (Å²) in [5.41, 5.74) is 5.70. The first-order valence-corrected chi connectivity index (χ1v) is 6.18. The Labute approximate surface area is 119 Å². The number of para-hydroxylation sites is 1. The molecule has 0 bridgehead atoms. The normalized spacial score (nSPS) is 11.5. The van der Waals surface area contributed by atoms with Gasteiger partial charge in [0.2, 0.25) is 0 Å². The zero-order valence-electron chi connectivity index (χ0n) is 11.0. The minimum absolute atomic E-state index is 0.153. The first-order chi connectivity index (χ1) is 9.91. The molecule has 0 aliphatic carbocycles. The van der Waals surface area contributed by atoms with Crippen molar-refractivity contribution in [3.8, 4) is 5.75 Å². The molecule has 0 aliphatic rings. The SMILES string of the molecule is NCc1ccc(F)cc1COc1ccccc1C(F)(F)F. The first kappa shape index (κ1) is 15.3. The molecule has 0 heterocycles. The van der Waals surface area contributed by atoms with Gasteiger partial charge in [-0.1, -0.05) is 18.2 Å². The van der Waals surface area contributed by atoms with E-state index in [9.17, 15) is 17.6 Å². The summed E-state index contributed by atoms with van der Waals surface area (Å²) in [4.78, 5) is 0. The van der Waals surface area contributed by atoms with E-state index < -0.39 is 17.6 Å². The smallest absolute Gasteiger partial charge is 0.419 e. The predicted octanol–water partition coefficient (Wildman–Crippen LogP) is 3.88. The van der Waals surface area contributed by atoms with Crippen LogP contribution in [0.5, 0.6) is 5.75 Å². The van der Waals surface area contributed by atoms with E-state index in [2.05, 4.69) is 0 Å². The van der Waals surface area contributed by atoms with Crippen LogP contribution in [0.1, 0.15) is 16.7 Å². The Hall–Kier alpha value is -2.08. The lowest BCUT2D eigenvalue weighted by atomic mass is 10.1. The van der Waals surface area contributed by atoms with E-state index in [0.29, 0.717) is 11.1 Å². The molecule has 0 saturated carbocycles. The highest BCUT2D eigenvalue weighted by atomic mass is 19.4. The summed E-state index contributed by atoms with van der Waals surface area (Å²) in [7, 11) is 0. The highest BCUT2D eigenvalue weighted by Gasteiger charge is 2.34. The number of benzene rings is 2. The van der Waals surface area contributed by atoms with E-state index in [1.807, 2.05) is 0 Å². The van der Waals surface area contributed by atoms with Gasteiger partial charge in [-0.25, -0.2) is 4.39 Å².